The third kappa shape index (κ3) is 4.98. The van der Waals surface area contributed by atoms with Crippen molar-refractivity contribution in [1.29, 1.82) is 0 Å². The largest absolute Gasteiger partial charge is 0.493 e. The first kappa shape index (κ1) is 14.4. The van der Waals surface area contributed by atoms with E-state index in [1.165, 1.54) is 0 Å². The van der Waals surface area contributed by atoms with Crippen LogP contribution in [-0.4, -0.2) is 12.8 Å². The summed E-state index contributed by atoms with van der Waals surface area (Å²) < 4.78 is 42.1. The minimum absolute atomic E-state index is 0.202. The number of benzene rings is 1. The molecule has 0 spiro atoms. The van der Waals surface area contributed by atoms with Crippen LogP contribution in [0, 0.1) is 0 Å². The highest BCUT2D eigenvalue weighted by molar-refractivity contribution is 9.10. The second-order valence-corrected chi connectivity index (χ2v) is 4.97. The van der Waals surface area contributed by atoms with Crippen molar-refractivity contribution < 1.29 is 17.9 Å². The topological polar surface area (TPSA) is 9.23 Å². The van der Waals surface area contributed by atoms with Crippen molar-refractivity contribution in [2.24, 2.45) is 0 Å². The normalized spacial score (nSPS) is 11.9. The lowest BCUT2D eigenvalue weighted by molar-refractivity contribution is -0.139. The quantitative estimate of drug-likeness (QED) is 0.768. The Morgan fingerprint density at radius 3 is 2.47 bits per heavy atom. The molecule has 0 atom stereocenters. The van der Waals surface area contributed by atoms with Crippen molar-refractivity contribution in [1.82, 2.24) is 0 Å². The van der Waals surface area contributed by atoms with Crippen LogP contribution < -0.4 is 4.74 Å². The van der Waals surface area contributed by atoms with Gasteiger partial charge in [-0.2, -0.15) is 13.2 Å². The maximum absolute atomic E-state index is 12.0. The highest BCUT2D eigenvalue weighted by Gasteiger charge is 2.27. The van der Waals surface area contributed by atoms with Gasteiger partial charge in [-0.25, -0.2) is 0 Å². The molecule has 1 nitrogen and oxygen atoms in total. The summed E-state index contributed by atoms with van der Waals surface area (Å²) in [6.45, 7) is 3.60. The number of halogens is 4. The Bertz CT molecular complexity index is 375. The van der Waals surface area contributed by atoms with Crippen molar-refractivity contribution in [3.05, 3.63) is 28.2 Å². The first-order chi connectivity index (χ1) is 7.79. The first-order valence-corrected chi connectivity index (χ1v) is 6.08. The molecule has 0 fully saturated rings. The van der Waals surface area contributed by atoms with Crippen LogP contribution in [-0.2, 0) is 0 Å². The molecule has 0 saturated heterocycles. The minimum Gasteiger partial charge on any atom is -0.493 e. The van der Waals surface area contributed by atoms with Crippen LogP contribution in [0.1, 0.15) is 31.7 Å². The summed E-state index contributed by atoms with van der Waals surface area (Å²) in [6.07, 6.45) is -5.10. The molecule has 0 aliphatic rings. The molecule has 1 aromatic carbocycles. The van der Waals surface area contributed by atoms with Crippen molar-refractivity contribution in [3.63, 3.8) is 0 Å². The van der Waals surface area contributed by atoms with E-state index < -0.39 is 12.6 Å². The number of alkyl halides is 3. The Labute approximate surface area is 107 Å². The van der Waals surface area contributed by atoms with E-state index in [9.17, 15) is 13.2 Å². The van der Waals surface area contributed by atoms with Gasteiger partial charge in [0.15, 0.2) is 0 Å². The molecule has 5 heteroatoms. The molecule has 0 aromatic heterocycles. The average Bonchev–Trinajstić information content (AvgIpc) is 2.18. The van der Waals surface area contributed by atoms with Crippen LogP contribution in [0.15, 0.2) is 22.7 Å². The first-order valence-electron chi connectivity index (χ1n) is 5.28. The Kier molecular flexibility index (Phi) is 4.86. The van der Waals surface area contributed by atoms with Gasteiger partial charge in [0.1, 0.15) is 5.75 Å². The van der Waals surface area contributed by atoms with Gasteiger partial charge in [-0.15, -0.1) is 0 Å². The monoisotopic (exact) mass is 310 g/mol. The van der Waals surface area contributed by atoms with Crippen LogP contribution in [0.5, 0.6) is 5.75 Å². The van der Waals surface area contributed by atoms with Gasteiger partial charge in [0.2, 0.25) is 0 Å². The minimum atomic E-state index is -4.17. The zero-order valence-electron chi connectivity index (χ0n) is 9.64. The summed E-state index contributed by atoms with van der Waals surface area (Å²) in [7, 11) is 0. The number of hydrogen-bond acceptors (Lipinski definition) is 1. The SMILES string of the molecule is CC(C)c1cc(Br)ccc1OCCC(F)(F)F. The van der Waals surface area contributed by atoms with Gasteiger partial charge in [0.25, 0.3) is 0 Å². The van der Waals surface area contributed by atoms with E-state index in [1.807, 2.05) is 19.9 Å². The zero-order chi connectivity index (χ0) is 13.1. The van der Waals surface area contributed by atoms with E-state index in [-0.39, 0.29) is 12.5 Å². The summed E-state index contributed by atoms with van der Waals surface area (Å²) >= 11 is 3.33. The Hall–Kier alpha value is -0.710. The van der Waals surface area contributed by atoms with Crippen LogP contribution in [0.3, 0.4) is 0 Å². The summed E-state index contributed by atoms with van der Waals surface area (Å²) in [5.74, 6) is 0.723. The molecule has 0 saturated carbocycles. The van der Waals surface area contributed by atoms with E-state index in [1.54, 1.807) is 12.1 Å². The van der Waals surface area contributed by atoms with E-state index in [2.05, 4.69) is 15.9 Å². The number of ether oxygens (including phenoxy) is 1. The van der Waals surface area contributed by atoms with E-state index in [0.717, 1.165) is 10.0 Å². The molecule has 0 aliphatic carbocycles. The Morgan fingerprint density at radius 2 is 1.94 bits per heavy atom. The van der Waals surface area contributed by atoms with Crippen molar-refractivity contribution in [2.75, 3.05) is 6.61 Å². The van der Waals surface area contributed by atoms with E-state index >= 15 is 0 Å². The highest BCUT2D eigenvalue weighted by Crippen LogP contribution is 2.30. The van der Waals surface area contributed by atoms with E-state index in [4.69, 9.17) is 4.74 Å². The van der Waals surface area contributed by atoms with Crippen LogP contribution in [0.4, 0.5) is 13.2 Å². The van der Waals surface area contributed by atoms with Gasteiger partial charge in [0, 0.05) is 4.47 Å². The summed E-state index contributed by atoms with van der Waals surface area (Å²) in [6, 6.07) is 5.32. The van der Waals surface area contributed by atoms with Crippen molar-refractivity contribution in [2.45, 2.75) is 32.4 Å². The number of rotatable bonds is 4. The smallest absolute Gasteiger partial charge is 0.392 e. The fraction of sp³-hybridized carbons (Fsp3) is 0.500. The molecule has 0 radical (unpaired) electrons. The summed E-state index contributed by atoms with van der Waals surface area (Å²) in [4.78, 5) is 0. The molecule has 0 unspecified atom stereocenters. The fourth-order valence-corrected chi connectivity index (χ4v) is 1.76. The lowest BCUT2D eigenvalue weighted by Gasteiger charge is -2.15. The van der Waals surface area contributed by atoms with Crippen molar-refractivity contribution in [3.8, 4) is 5.75 Å². The second kappa shape index (κ2) is 5.76. The predicted molar refractivity (Wildman–Crippen MR) is 64.4 cm³/mol. The maximum atomic E-state index is 12.0. The van der Waals surface area contributed by atoms with Gasteiger partial charge in [-0.3, -0.25) is 0 Å². The van der Waals surface area contributed by atoms with Gasteiger partial charge in [-0.05, 0) is 29.7 Å². The van der Waals surface area contributed by atoms with Gasteiger partial charge in [0.05, 0.1) is 13.0 Å². The highest BCUT2D eigenvalue weighted by atomic mass is 79.9. The molecule has 0 aliphatic heterocycles. The van der Waals surface area contributed by atoms with Crippen LogP contribution in [0.2, 0.25) is 0 Å². The van der Waals surface area contributed by atoms with Gasteiger partial charge >= 0.3 is 6.18 Å². The van der Waals surface area contributed by atoms with E-state index in [0.29, 0.717) is 5.75 Å². The molecule has 0 amide bonds. The Balaban J connectivity index is 2.70. The summed E-state index contributed by atoms with van der Waals surface area (Å²) in [5.41, 5.74) is 0.904. The molecule has 17 heavy (non-hydrogen) atoms. The lowest BCUT2D eigenvalue weighted by Crippen LogP contribution is -2.13. The van der Waals surface area contributed by atoms with Crippen LogP contribution in [0.25, 0.3) is 0 Å². The van der Waals surface area contributed by atoms with Crippen LogP contribution >= 0.6 is 15.9 Å². The zero-order valence-corrected chi connectivity index (χ0v) is 11.2. The van der Waals surface area contributed by atoms with Gasteiger partial charge in [-0.1, -0.05) is 29.8 Å². The molecular formula is C12H14BrF3O. The Morgan fingerprint density at radius 1 is 1.29 bits per heavy atom. The van der Waals surface area contributed by atoms with Crippen molar-refractivity contribution >= 4 is 15.9 Å². The average molecular weight is 311 g/mol. The molecule has 1 rings (SSSR count). The molecule has 1 aromatic rings. The molecule has 0 bridgehead atoms. The lowest BCUT2D eigenvalue weighted by atomic mass is 10.0. The maximum Gasteiger partial charge on any atom is 0.392 e. The standard InChI is InChI=1S/C12H14BrF3O/c1-8(2)10-7-9(13)3-4-11(10)17-6-5-12(14,15)16/h3-4,7-8H,5-6H2,1-2H3. The third-order valence-corrected chi connectivity index (χ3v) is 2.73. The molecular weight excluding hydrogens is 297 g/mol. The third-order valence-electron chi connectivity index (χ3n) is 2.24. The van der Waals surface area contributed by atoms with Gasteiger partial charge < -0.3 is 4.74 Å². The molecule has 0 heterocycles. The molecule has 0 N–H and O–H groups in total. The number of hydrogen-bond donors (Lipinski definition) is 0. The summed E-state index contributed by atoms with van der Waals surface area (Å²) in [5, 5.41) is 0. The predicted octanol–water partition coefficient (Wildman–Crippen LogP) is 4.90. The fourth-order valence-electron chi connectivity index (χ4n) is 1.38. The molecule has 96 valence electrons. The second-order valence-electron chi connectivity index (χ2n) is 4.05.